The highest BCUT2D eigenvalue weighted by atomic mass is 16.2. The summed E-state index contributed by atoms with van der Waals surface area (Å²) in [6.45, 7) is 3.53. The number of amides is 3. The molecule has 0 aliphatic heterocycles. The van der Waals surface area contributed by atoms with Gasteiger partial charge >= 0.3 is 6.03 Å². The van der Waals surface area contributed by atoms with Crippen LogP contribution in [0.15, 0.2) is 36.4 Å². The smallest absolute Gasteiger partial charge is 0.318 e. The number of carbonyl (C=O) groups is 3. The monoisotopic (exact) mass is 344 g/mol. The maximum atomic E-state index is 12.4. The Kier molecular flexibility index (Phi) is 8.05. The molecule has 1 radical (unpaired) electrons. The van der Waals surface area contributed by atoms with Crippen molar-refractivity contribution in [2.45, 2.75) is 25.9 Å². The van der Waals surface area contributed by atoms with Crippen LogP contribution < -0.4 is 10.6 Å². The summed E-state index contributed by atoms with van der Waals surface area (Å²) >= 11 is 0. The van der Waals surface area contributed by atoms with Crippen LogP contribution in [-0.2, 0) is 14.4 Å². The first-order chi connectivity index (χ1) is 12.0. The van der Waals surface area contributed by atoms with Crippen molar-refractivity contribution in [2.75, 3.05) is 13.6 Å². The lowest BCUT2D eigenvalue weighted by Gasteiger charge is -2.30. The van der Waals surface area contributed by atoms with Gasteiger partial charge in [-0.3, -0.25) is 19.3 Å². The molecule has 1 rings (SSSR count). The molecular formula is C18H22N3O4. The quantitative estimate of drug-likeness (QED) is 0.541. The summed E-state index contributed by atoms with van der Waals surface area (Å²) in [5.41, 5.74) is 0.767. The molecule has 0 fully saturated rings. The molecule has 0 aliphatic rings. The second kappa shape index (κ2) is 10.0. The van der Waals surface area contributed by atoms with Gasteiger partial charge in [0.1, 0.15) is 6.04 Å². The molecule has 25 heavy (non-hydrogen) atoms. The molecule has 0 saturated heterocycles. The van der Waals surface area contributed by atoms with Crippen LogP contribution in [0.3, 0.4) is 0 Å². The Balaban J connectivity index is 3.05. The van der Waals surface area contributed by atoms with E-state index in [-0.39, 0.29) is 0 Å². The summed E-state index contributed by atoms with van der Waals surface area (Å²) in [6.07, 6.45) is 4.30. The fourth-order valence-corrected chi connectivity index (χ4v) is 2.18. The first-order valence-electron chi connectivity index (χ1n) is 7.88. The Morgan fingerprint density at radius 3 is 2.40 bits per heavy atom. The van der Waals surface area contributed by atoms with Crippen molar-refractivity contribution in [3.8, 4) is 0 Å². The topological polar surface area (TPSA) is 95.6 Å². The number of hydrogen-bond acceptors (Lipinski definition) is 4. The molecule has 0 saturated carbocycles. The van der Waals surface area contributed by atoms with Gasteiger partial charge in [0.25, 0.3) is 0 Å². The number of carbonyl (C=O) groups excluding carboxylic acids is 4. The molecule has 0 spiro atoms. The third kappa shape index (κ3) is 5.56. The van der Waals surface area contributed by atoms with E-state index in [9.17, 15) is 19.2 Å². The largest absolute Gasteiger partial charge is 0.355 e. The van der Waals surface area contributed by atoms with Gasteiger partial charge in [0, 0.05) is 13.6 Å². The highest BCUT2D eigenvalue weighted by Gasteiger charge is 2.35. The summed E-state index contributed by atoms with van der Waals surface area (Å²) < 4.78 is 0. The van der Waals surface area contributed by atoms with Crippen molar-refractivity contribution in [2.24, 2.45) is 0 Å². The fraction of sp³-hybridized carbons (Fsp3) is 0.333. The Labute approximate surface area is 147 Å². The second-order valence-electron chi connectivity index (χ2n) is 5.20. The molecular weight excluding hydrogens is 322 g/mol. The van der Waals surface area contributed by atoms with Crippen LogP contribution in [0.5, 0.6) is 0 Å². The van der Waals surface area contributed by atoms with Gasteiger partial charge in [-0.05, 0) is 25.5 Å². The lowest BCUT2D eigenvalue weighted by Crippen LogP contribution is -2.57. The number of rotatable bonds is 8. The molecule has 133 valence electrons. The Morgan fingerprint density at radius 1 is 1.24 bits per heavy atom. The maximum Gasteiger partial charge on any atom is 0.318 e. The van der Waals surface area contributed by atoms with Gasteiger partial charge in [-0.15, -0.1) is 0 Å². The van der Waals surface area contributed by atoms with Crippen LogP contribution in [-0.4, -0.2) is 54.6 Å². The van der Waals surface area contributed by atoms with Crippen molar-refractivity contribution in [3.63, 3.8) is 0 Å². The highest BCUT2D eigenvalue weighted by Crippen LogP contribution is 2.09. The zero-order valence-electron chi connectivity index (χ0n) is 14.5. The standard InChI is InChI=1S/C18H22N3O4/c1-4-20-17(24)13(2)21(18(25)19-3)15(12-22)16(23)11-10-14-8-6-5-7-9-14/h5-11,13,15H,4H2,1-3H3,(H,19,25)(H,20,24). The molecule has 7 heteroatoms. The number of urea groups is 1. The third-order valence-corrected chi connectivity index (χ3v) is 3.50. The van der Waals surface area contributed by atoms with Gasteiger partial charge in [0.2, 0.25) is 12.2 Å². The minimum absolute atomic E-state index is 0.363. The molecule has 2 N–H and O–H groups in total. The molecule has 2 atom stereocenters. The molecule has 7 nitrogen and oxygen atoms in total. The van der Waals surface area contributed by atoms with Crippen LogP contribution in [0.4, 0.5) is 4.79 Å². The highest BCUT2D eigenvalue weighted by molar-refractivity contribution is 6.09. The van der Waals surface area contributed by atoms with E-state index in [0.29, 0.717) is 6.54 Å². The van der Waals surface area contributed by atoms with Crippen LogP contribution in [0, 0.1) is 0 Å². The normalized spacial score (nSPS) is 12.9. The van der Waals surface area contributed by atoms with E-state index in [4.69, 9.17) is 0 Å². The van der Waals surface area contributed by atoms with Gasteiger partial charge in [-0.1, -0.05) is 36.4 Å². The number of ketones is 1. The molecule has 0 aliphatic carbocycles. The van der Waals surface area contributed by atoms with E-state index in [2.05, 4.69) is 10.6 Å². The molecule has 0 heterocycles. The van der Waals surface area contributed by atoms with Crippen LogP contribution in [0.25, 0.3) is 6.08 Å². The summed E-state index contributed by atoms with van der Waals surface area (Å²) in [5.74, 6) is -1.11. The van der Waals surface area contributed by atoms with E-state index >= 15 is 0 Å². The molecule has 0 aromatic heterocycles. The summed E-state index contributed by atoms with van der Waals surface area (Å²) in [6, 6.07) is 5.78. The van der Waals surface area contributed by atoms with Crippen molar-refractivity contribution in [1.82, 2.24) is 15.5 Å². The number of nitrogens with zero attached hydrogens (tertiary/aromatic N) is 1. The third-order valence-electron chi connectivity index (χ3n) is 3.50. The summed E-state index contributed by atoms with van der Waals surface area (Å²) in [4.78, 5) is 48.8. The van der Waals surface area contributed by atoms with Crippen molar-refractivity contribution < 1.29 is 19.2 Å². The Hall–Kier alpha value is -2.96. The van der Waals surface area contributed by atoms with Crippen LogP contribution in [0.2, 0.25) is 0 Å². The lowest BCUT2D eigenvalue weighted by atomic mass is 10.1. The van der Waals surface area contributed by atoms with Gasteiger partial charge in [-0.2, -0.15) is 0 Å². The van der Waals surface area contributed by atoms with Crippen molar-refractivity contribution >= 4 is 30.1 Å². The van der Waals surface area contributed by atoms with Gasteiger partial charge in [-0.25, -0.2) is 4.79 Å². The number of hydrogen-bond donors (Lipinski definition) is 2. The summed E-state index contributed by atoms with van der Waals surface area (Å²) in [5, 5.41) is 4.90. The van der Waals surface area contributed by atoms with Gasteiger partial charge < -0.3 is 10.6 Å². The number of nitrogens with one attached hydrogen (secondary N) is 2. The maximum absolute atomic E-state index is 12.4. The van der Waals surface area contributed by atoms with Crippen molar-refractivity contribution in [1.29, 1.82) is 0 Å². The zero-order valence-corrected chi connectivity index (χ0v) is 14.5. The molecule has 1 aromatic carbocycles. The number of benzene rings is 1. The van der Waals surface area contributed by atoms with E-state index < -0.39 is 29.8 Å². The first-order valence-corrected chi connectivity index (χ1v) is 7.88. The number of likely N-dealkylation sites (N-methyl/N-ethyl adjacent to an activating group) is 1. The first kappa shape index (κ1) is 20.1. The van der Waals surface area contributed by atoms with Gasteiger partial charge in [0.05, 0.1) is 0 Å². The average molecular weight is 344 g/mol. The minimum atomic E-state index is -1.52. The predicted molar refractivity (Wildman–Crippen MR) is 94.4 cm³/mol. The SMILES string of the molecule is CCNC(=O)C(C)N(C(=O)NC)C([C]=O)C(=O)C=Cc1ccccc1. The van der Waals surface area contributed by atoms with Gasteiger partial charge in [0.15, 0.2) is 11.8 Å². The van der Waals surface area contributed by atoms with E-state index in [1.165, 1.54) is 26.1 Å². The van der Waals surface area contributed by atoms with Crippen LogP contribution in [0.1, 0.15) is 19.4 Å². The van der Waals surface area contributed by atoms with E-state index in [1.807, 2.05) is 18.2 Å². The van der Waals surface area contributed by atoms with Crippen LogP contribution >= 0.6 is 0 Å². The minimum Gasteiger partial charge on any atom is -0.355 e. The van der Waals surface area contributed by atoms with E-state index in [0.717, 1.165) is 10.5 Å². The molecule has 3 amide bonds. The Morgan fingerprint density at radius 2 is 1.88 bits per heavy atom. The summed E-state index contributed by atoms with van der Waals surface area (Å²) in [7, 11) is 1.35. The fourth-order valence-electron chi connectivity index (χ4n) is 2.18. The average Bonchev–Trinajstić information content (AvgIpc) is 2.63. The predicted octanol–water partition coefficient (Wildman–Crippen LogP) is 0.913. The molecule has 1 aromatic rings. The van der Waals surface area contributed by atoms with Crippen molar-refractivity contribution in [3.05, 3.63) is 42.0 Å². The Bertz CT molecular complexity index is 643. The van der Waals surface area contributed by atoms with E-state index in [1.54, 1.807) is 25.3 Å². The molecule has 2 unspecified atom stereocenters. The molecule has 0 bridgehead atoms. The zero-order chi connectivity index (χ0) is 18.8. The lowest BCUT2D eigenvalue weighted by molar-refractivity contribution is -0.126. The second-order valence-corrected chi connectivity index (χ2v) is 5.20.